The van der Waals surface area contributed by atoms with Crippen LogP contribution in [0.1, 0.15) is 0 Å². The Morgan fingerprint density at radius 2 is 0.500 bits per heavy atom. The van der Waals surface area contributed by atoms with Crippen LogP contribution in [0.5, 0.6) is 0 Å². The van der Waals surface area contributed by atoms with Gasteiger partial charge in [0.15, 0.2) is 0 Å². The second-order valence-electron chi connectivity index (χ2n) is 1.60. The largest absolute Gasteiger partial charge is 3.00 e. The molecule has 0 aromatic heterocycles. The molecule has 0 saturated carbocycles. The van der Waals surface area contributed by atoms with E-state index in [-0.39, 0.29) is 92.4 Å². The third kappa shape index (κ3) is 1720. The van der Waals surface area contributed by atoms with Crippen LogP contribution in [0.25, 0.3) is 0 Å². The fourth-order valence-corrected chi connectivity index (χ4v) is 0. The molecule has 0 spiro atoms. The van der Waals surface area contributed by atoms with Crippen LogP contribution in [0.15, 0.2) is 0 Å². The van der Waals surface area contributed by atoms with Crippen LogP contribution < -0.4 is 35.2 Å². The maximum atomic E-state index is 8.64. The molecule has 8 N–H and O–H groups in total. The summed E-state index contributed by atoms with van der Waals surface area (Å²) < 4.78 is 0. The zero-order valence-electron chi connectivity index (χ0n) is 11.8. The van der Waals surface area contributed by atoms with Gasteiger partial charge in [0.05, 0.1) is 0 Å². The third-order valence-electron chi connectivity index (χ3n) is 0. The van der Waals surface area contributed by atoms with Crippen LogP contribution in [0, 0.1) is 39.9 Å². The van der Waals surface area contributed by atoms with Crippen LogP contribution in [-0.2, 0) is 19.5 Å². The monoisotopic (exact) mass is 583 g/mol. The van der Waals surface area contributed by atoms with Gasteiger partial charge in [0.1, 0.15) is 0 Å². The molecule has 0 aliphatic heterocycles. The first-order chi connectivity index (χ1) is 8.66. The summed E-state index contributed by atoms with van der Waals surface area (Å²) in [5, 5.41) is 116. The van der Waals surface area contributed by atoms with Crippen molar-refractivity contribution in [2.75, 3.05) is 0 Å². The Labute approximate surface area is 202 Å². The Morgan fingerprint density at radius 1 is 0.500 bits per heavy atom. The zero-order chi connectivity index (χ0) is 17.9. The Hall–Kier alpha value is 2.87. The molecule has 15 nitrogen and oxygen atoms in total. The summed E-state index contributed by atoms with van der Waals surface area (Å²) in [6.45, 7) is 0. The fourth-order valence-electron chi connectivity index (χ4n) is 0. The first kappa shape index (κ1) is 56.3. The first-order valence-electron chi connectivity index (χ1n) is 3.72. The van der Waals surface area contributed by atoms with E-state index in [0.29, 0.717) is 0 Å². The van der Waals surface area contributed by atoms with Crippen LogP contribution >= 0.6 is 9.90 Å². The summed E-state index contributed by atoms with van der Waals surface area (Å²) in [7, 11) is -12.6. The van der Waals surface area contributed by atoms with Crippen molar-refractivity contribution in [3.8, 4) is 0 Å². The van der Waals surface area contributed by atoms with Crippen molar-refractivity contribution in [2.24, 2.45) is 0 Å². The number of hydrogen-bond acceptors (Lipinski definition) is 15. The quantitative estimate of drug-likeness (QED) is 0.0970. The molecule has 1 atom stereocenters. The molecular formula is H11B5GdMgO15PZn. The van der Waals surface area contributed by atoms with Crippen molar-refractivity contribution in [3.63, 3.8) is 0 Å². The Bertz CT molecular complexity index is 98.4. The van der Waals surface area contributed by atoms with Gasteiger partial charge in [0.2, 0.25) is 0 Å². The van der Waals surface area contributed by atoms with Gasteiger partial charge in [0, 0.05) is 0 Å². The maximum Gasteiger partial charge on any atom is 3.00 e. The van der Waals surface area contributed by atoms with Gasteiger partial charge in [-0.25, -0.2) is 0 Å². The molecule has 0 bridgehead atoms. The van der Waals surface area contributed by atoms with Crippen molar-refractivity contribution >= 4 is 69.6 Å². The predicted octanol–water partition coefficient (Wildman–Crippen LogP) is -15.0. The van der Waals surface area contributed by atoms with Gasteiger partial charge < -0.3 is 75.4 Å². The molecule has 133 valence electrons. The van der Waals surface area contributed by atoms with Gasteiger partial charge in [-0.1, -0.05) is 0 Å². The summed E-state index contributed by atoms with van der Waals surface area (Å²) in [5.74, 6) is 0. The minimum absolute atomic E-state index is 0. The van der Waals surface area contributed by atoms with Crippen molar-refractivity contribution in [3.05, 3.63) is 0 Å². The summed E-state index contributed by atoms with van der Waals surface area (Å²) >= 11 is 0. The fraction of sp³-hybridized carbons (Fsp3) is 0. The van der Waals surface area contributed by atoms with E-state index in [2.05, 4.69) is 0 Å². The van der Waals surface area contributed by atoms with E-state index in [1.807, 2.05) is 0 Å². The minimum atomic E-state index is -2.92. The molecule has 0 rings (SSSR count). The van der Waals surface area contributed by atoms with E-state index in [9.17, 15) is 0 Å². The van der Waals surface area contributed by atoms with Crippen molar-refractivity contribution < 1.29 is 135 Å². The van der Waals surface area contributed by atoms with Crippen LogP contribution in [0.4, 0.5) is 0 Å². The molecule has 0 saturated heterocycles. The van der Waals surface area contributed by atoms with Crippen LogP contribution in [0.3, 0.4) is 0 Å². The summed E-state index contributed by atoms with van der Waals surface area (Å²) in [6.07, 6.45) is 0. The number of hydrogen-bond donors (Lipinski definition) is 8. The predicted molar refractivity (Wildman–Crippen MR) is 63.4 cm³/mol. The molecule has 1 radical (unpaired) electrons. The van der Waals surface area contributed by atoms with E-state index in [4.69, 9.17) is 75.4 Å². The molecular weight excluding hydrogens is 572 g/mol. The molecule has 0 amide bonds. The van der Waals surface area contributed by atoms with Gasteiger partial charge in [-0.2, -0.15) is 9.90 Å². The Kier molecular flexibility index (Phi) is 118. The molecule has 24 heteroatoms. The molecule has 0 aromatic rings. The van der Waals surface area contributed by atoms with Crippen molar-refractivity contribution in [2.45, 2.75) is 0 Å². The molecule has 0 aromatic carbocycles. The Balaban J connectivity index is -0.0000000161. The molecule has 0 aliphatic carbocycles. The standard InChI is InChI=1S/2BH3O3.BH2O3.2BO3.Gd.Mg.H3P.Zn/c5*2-1(3)4;;;;/h2*2-4H;2-3H;;;;;1H3;/q;;-1;2*-3;+3;+2;;+2. The Morgan fingerprint density at radius 3 is 0.500 bits per heavy atom. The van der Waals surface area contributed by atoms with Crippen molar-refractivity contribution in [1.29, 1.82) is 0 Å². The normalized spacial score (nSPS) is 5.62. The van der Waals surface area contributed by atoms with E-state index in [1.165, 1.54) is 0 Å². The average molecular weight is 583 g/mol. The topological polar surface area (TPSA) is 323 Å². The van der Waals surface area contributed by atoms with Gasteiger partial charge in [0.25, 0.3) is 0 Å². The summed E-state index contributed by atoms with van der Waals surface area (Å²) in [4.78, 5) is 0. The third-order valence-corrected chi connectivity index (χ3v) is 0. The van der Waals surface area contributed by atoms with Gasteiger partial charge in [-0.15, -0.1) is 0 Å². The smallest absolute Gasteiger partial charge is 0.907 e. The maximum absolute atomic E-state index is 8.64. The van der Waals surface area contributed by atoms with Gasteiger partial charge >= 0.3 is 104 Å². The van der Waals surface area contributed by atoms with Gasteiger partial charge in [-0.05, 0) is 0 Å². The SMILES string of the molecule is OB(O)O.OB(O)O.P.[Gd+3].[Mg+2].[O-]B(O)O.[O-]B([O-])[O-].[O-]B([O-])[O-].[Zn+2]. The number of rotatable bonds is 0. The first-order valence-corrected chi connectivity index (χ1v) is 3.72. The summed E-state index contributed by atoms with van der Waals surface area (Å²) in [6, 6.07) is 0. The van der Waals surface area contributed by atoms with E-state index < -0.39 is 36.6 Å². The van der Waals surface area contributed by atoms with E-state index in [0.717, 1.165) is 0 Å². The summed E-state index contributed by atoms with van der Waals surface area (Å²) in [5.41, 5.74) is 0. The molecule has 0 heterocycles. The average Bonchev–Trinajstić information content (AvgIpc) is 1.94. The second-order valence-corrected chi connectivity index (χ2v) is 1.60. The molecule has 1 unspecified atom stereocenters. The molecule has 24 heavy (non-hydrogen) atoms. The zero-order valence-corrected chi connectivity index (χ0v) is 19.9. The van der Waals surface area contributed by atoms with E-state index >= 15 is 0 Å². The van der Waals surface area contributed by atoms with Crippen molar-refractivity contribution in [1.82, 2.24) is 0 Å². The molecule has 0 fully saturated rings. The van der Waals surface area contributed by atoms with E-state index in [1.54, 1.807) is 0 Å². The van der Waals surface area contributed by atoms with Crippen LogP contribution in [-0.4, -0.2) is 99.9 Å². The van der Waals surface area contributed by atoms with Crippen LogP contribution in [0.2, 0.25) is 0 Å². The minimum Gasteiger partial charge on any atom is -0.907 e. The molecule has 0 aliphatic rings. The van der Waals surface area contributed by atoms with Gasteiger partial charge in [-0.3, -0.25) is 14.6 Å². The second kappa shape index (κ2) is 50.1.